The van der Waals surface area contributed by atoms with Crippen molar-refractivity contribution in [3.05, 3.63) is 65.5 Å². The molecular formula is C20H21F2N3O2. The molecule has 0 unspecified atom stereocenters. The van der Waals surface area contributed by atoms with E-state index in [4.69, 9.17) is 4.74 Å². The van der Waals surface area contributed by atoms with Gasteiger partial charge in [-0.25, -0.2) is 8.78 Å². The third-order valence-corrected chi connectivity index (χ3v) is 5.37. The van der Waals surface area contributed by atoms with Gasteiger partial charge in [0.15, 0.2) is 11.6 Å². The monoisotopic (exact) mass is 373 g/mol. The molecule has 1 aromatic carbocycles. The van der Waals surface area contributed by atoms with Gasteiger partial charge in [0.1, 0.15) is 0 Å². The Morgan fingerprint density at radius 1 is 1.19 bits per heavy atom. The Hall–Kier alpha value is -2.38. The van der Waals surface area contributed by atoms with Crippen molar-refractivity contribution in [3.8, 4) is 0 Å². The molecular weight excluding hydrogens is 352 g/mol. The van der Waals surface area contributed by atoms with Crippen LogP contribution in [0.4, 0.5) is 8.78 Å². The number of benzene rings is 1. The van der Waals surface area contributed by atoms with Crippen molar-refractivity contribution >= 4 is 5.91 Å². The lowest BCUT2D eigenvalue weighted by Gasteiger charge is -2.20. The average molecular weight is 373 g/mol. The van der Waals surface area contributed by atoms with Gasteiger partial charge in [0.05, 0.1) is 12.7 Å². The van der Waals surface area contributed by atoms with E-state index < -0.39 is 11.6 Å². The first-order chi connectivity index (χ1) is 13.1. The summed E-state index contributed by atoms with van der Waals surface area (Å²) in [6.07, 6.45) is 3.31. The van der Waals surface area contributed by atoms with Gasteiger partial charge in [0, 0.05) is 56.0 Å². The molecule has 142 valence electrons. The highest BCUT2D eigenvalue weighted by molar-refractivity contribution is 5.93. The molecule has 0 spiro atoms. The van der Waals surface area contributed by atoms with Gasteiger partial charge < -0.3 is 10.1 Å². The van der Waals surface area contributed by atoms with E-state index in [9.17, 15) is 13.6 Å². The molecule has 0 aliphatic carbocycles. The zero-order chi connectivity index (χ0) is 18.8. The van der Waals surface area contributed by atoms with Gasteiger partial charge in [-0.1, -0.05) is 6.07 Å². The number of nitrogens with one attached hydrogen (secondary N) is 1. The predicted octanol–water partition coefficient (Wildman–Crippen LogP) is 2.24. The minimum atomic E-state index is -0.828. The summed E-state index contributed by atoms with van der Waals surface area (Å²) in [6, 6.07) is 7.39. The van der Waals surface area contributed by atoms with Crippen LogP contribution < -0.4 is 5.32 Å². The number of carbonyl (C=O) groups is 1. The molecule has 3 atom stereocenters. The van der Waals surface area contributed by atoms with Crippen LogP contribution in [0, 0.1) is 23.5 Å². The Morgan fingerprint density at radius 2 is 2.00 bits per heavy atom. The Labute approximate surface area is 156 Å². The quantitative estimate of drug-likeness (QED) is 0.873. The third kappa shape index (κ3) is 3.99. The zero-order valence-electron chi connectivity index (χ0n) is 14.8. The third-order valence-electron chi connectivity index (χ3n) is 5.37. The van der Waals surface area contributed by atoms with Crippen molar-refractivity contribution in [1.29, 1.82) is 0 Å². The molecule has 1 amide bonds. The number of rotatable bonds is 5. The topological polar surface area (TPSA) is 54.5 Å². The van der Waals surface area contributed by atoms with E-state index >= 15 is 0 Å². The van der Waals surface area contributed by atoms with Crippen LogP contribution in [-0.4, -0.2) is 48.1 Å². The molecule has 2 aromatic rings. The van der Waals surface area contributed by atoms with Gasteiger partial charge in [-0.05, 0) is 29.8 Å². The molecule has 1 aromatic heterocycles. The largest absolute Gasteiger partial charge is 0.376 e. The Kier molecular flexibility index (Phi) is 5.13. The van der Waals surface area contributed by atoms with Crippen LogP contribution in [0.15, 0.2) is 42.7 Å². The van der Waals surface area contributed by atoms with Crippen LogP contribution in [0.2, 0.25) is 0 Å². The van der Waals surface area contributed by atoms with Crippen LogP contribution in [0.1, 0.15) is 15.9 Å². The Bertz CT molecular complexity index is 818. The lowest BCUT2D eigenvalue weighted by molar-refractivity contribution is 0.0903. The van der Waals surface area contributed by atoms with Crippen molar-refractivity contribution < 1.29 is 18.3 Å². The number of carbonyl (C=O) groups excluding carboxylic acids is 1. The minimum absolute atomic E-state index is 0.113. The fraction of sp³-hybridized carbons (Fsp3) is 0.400. The molecule has 1 N–H and O–H groups in total. The second-order valence-electron chi connectivity index (χ2n) is 7.18. The molecule has 5 nitrogen and oxygen atoms in total. The van der Waals surface area contributed by atoms with Gasteiger partial charge in [0.25, 0.3) is 5.91 Å². The lowest BCUT2D eigenvalue weighted by Crippen LogP contribution is -2.34. The summed E-state index contributed by atoms with van der Waals surface area (Å²) in [4.78, 5) is 18.3. The summed E-state index contributed by atoms with van der Waals surface area (Å²) < 4.78 is 32.4. The maximum Gasteiger partial charge on any atom is 0.251 e. The number of aromatic nitrogens is 1. The summed E-state index contributed by atoms with van der Waals surface area (Å²) in [5, 5.41) is 2.98. The summed E-state index contributed by atoms with van der Waals surface area (Å²) in [6.45, 7) is 3.33. The van der Waals surface area contributed by atoms with Crippen LogP contribution in [-0.2, 0) is 11.3 Å². The molecule has 2 saturated heterocycles. The van der Waals surface area contributed by atoms with E-state index in [1.807, 2.05) is 0 Å². The number of ether oxygens (including phenoxy) is 1. The number of hydrogen-bond donors (Lipinski definition) is 1. The van der Waals surface area contributed by atoms with Crippen molar-refractivity contribution in [1.82, 2.24) is 15.2 Å². The fourth-order valence-electron chi connectivity index (χ4n) is 3.94. The Balaban J connectivity index is 1.31. The van der Waals surface area contributed by atoms with Crippen LogP contribution in [0.5, 0.6) is 0 Å². The first-order valence-corrected chi connectivity index (χ1v) is 9.06. The van der Waals surface area contributed by atoms with Gasteiger partial charge in [-0.3, -0.25) is 14.7 Å². The van der Waals surface area contributed by atoms with E-state index in [2.05, 4.69) is 15.2 Å². The maximum absolute atomic E-state index is 13.4. The number of nitrogens with zero attached hydrogens (tertiary/aromatic N) is 2. The van der Waals surface area contributed by atoms with Crippen LogP contribution >= 0.6 is 0 Å². The second kappa shape index (κ2) is 7.70. The summed E-state index contributed by atoms with van der Waals surface area (Å²) in [7, 11) is 0. The van der Waals surface area contributed by atoms with Crippen molar-refractivity contribution in [3.63, 3.8) is 0 Å². The molecule has 4 rings (SSSR count). The van der Waals surface area contributed by atoms with E-state index in [1.54, 1.807) is 30.6 Å². The summed E-state index contributed by atoms with van der Waals surface area (Å²) in [5.41, 5.74) is 1.34. The normalized spacial score (nSPS) is 24.7. The fourth-order valence-corrected chi connectivity index (χ4v) is 3.94. The van der Waals surface area contributed by atoms with Gasteiger partial charge >= 0.3 is 0 Å². The molecule has 0 radical (unpaired) electrons. The van der Waals surface area contributed by atoms with Crippen LogP contribution in [0.25, 0.3) is 0 Å². The second-order valence-corrected chi connectivity index (χ2v) is 7.18. The molecule has 2 aliphatic heterocycles. The molecule has 2 aliphatic rings. The van der Waals surface area contributed by atoms with Gasteiger partial charge in [0.2, 0.25) is 0 Å². The standard InChI is InChI=1S/C20H21F2N3O2/c21-17-2-1-13(7-18(17)22)9-25-10-16-15(12-27-19(16)11-25)8-24-20(26)14-3-5-23-6-4-14/h1-7,15-16,19H,8-12H2,(H,24,26)/t15-,16-,19-/m1/s1. The highest BCUT2D eigenvalue weighted by atomic mass is 19.2. The molecule has 0 saturated carbocycles. The first kappa shape index (κ1) is 18.0. The highest BCUT2D eigenvalue weighted by Gasteiger charge is 2.43. The van der Waals surface area contributed by atoms with E-state index in [-0.39, 0.29) is 17.9 Å². The number of likely N-dealkylation sites (tertiary alicyclic amines) is 1. The molecule has 7 heteroatoms. The van der Waals surface area contributed by atoms with Gasteiger partial charge in [-0.15, -0.1) is 0 Å². The van der Waals surface area contributed by atoms with Crippen molar-refractivity contribution in [2.75, 3.05) is 26.2 Å². The number of halogens is 2. The molecule has 2 fully saturated rings. The molecule has 0 bridgehead atoms. The van der Waals surface area contributed by atoms with E-state index in [0.29, 0.717) is 31.2 Å². The van der Waals surface area contributed by atoms with Crippen molar-refractivity contribution in [2.24, 2.45) is 11.8 Å². The van der Waals surface area contributed by atoms with Gasteiger partial charge in [-0.2, -0.15) is 0 Å². The van der Waals surface area contributed by atoms with Crippen molar-refractivity contribution in [2.45, 2.75) is 12.6 Å². The predicted molar refractivity (Wildman–Crippen MR) is 94.9 cm³/mol. The smallest absolute Gasteiger partial charge is 0.251 e. The minimum Gasteiger partial charge on any atom is -0.376 e. The number of pyridine rings is 1. The maximum atomic E-state index is 13.4. The molecule has 3 heterocycles. The average Bonchev–Trinajstić information content (AvgIpc) is 3.24. The first-order valence-electron chi connectivity index (χ1n) is 9.06. The number of hydrogen-bond acceptors (Lipinski definition) is 4. The summed E-state index contributed by atoms with van der Waals surface area (Å²) in [5.74, 6) is -1.19. The zero-order valence-corrected chi connectivity index (χ0v) is 14.8. The van der Waals surface area contributed by atoms with Crippen LogP contribution in [0.3, 0.4) is 0 Å². The molecule has 27 heavy (non-hydrogen) atoms. The highest BCUT2D eigenvalue weighted by Crippen LogP contribution is 2.34. The lowest BCUT2D eigenvalue weighted by atomic mass is 9.93. The van der Waals surface area contributed by atoms with E-state index in [0.717, 1.165) is 24.7 Å². The SMILES string of the molecule is O=C(NC[C@@H]1CO[C@@H]2CN(Cc3ccc(F)c(F)c3)C[C@H]12)c1ccncc1. The summed E-state index contributed by atoms with van der Waals surface area (Å²) >= 11 is 0. The van der Waals surface area contributed by atoms with E-state index in [1.165, 1.54) is 6.07 Å². The number of amides is 1. The number of fused-ring (bicyclic) bond motifs is 1. The Morgan fingerprint density at radius 3 is 2.78 bits per heavy atom.